The van der Waals surface area contributed by atoms with Crippen LogP contribution in [0.3, 0.4) is 0 Å². The number of nitrogens with zero attached hydrogens (tertiary/aromatic N) is 2. The zero-order chi connectivity index (χ0) is 10.6. The summed E-state index contributed by atoms with van der Waals surface area (Å²) in [7, 11) is 2.05. The number of hydrogen-bond donors (Lipinski definition) is 0. The van der Waals surface area contributed by atoms with Crippen molar-refractivity contribution < 1.29 is 9.53 Å². The van der Waals surface area contributed by atoms with E-state index in [1.54, 1.807) is 4.90 Å². The fraction of sp³-hybridized carbons (Fsp3) is 0.700. The lowest BCUT2D eigenvalue weighted by Gasteiger charge is -2.31. The summed E-state index contributed by atoms with van der Waals surface area (Å²) in [6, 6.07) is 0. The van der Waals surface area contributed by atoms with Gasteiger partial charge in [0.05, 0.1) is 6.26 Å². The van der Waals surface area contributed by atoms with Crippen molar-refractivity contribution in [2.24, 2.45) is 0 Å². The summed E-state index contributed by atoms with van der Waals surface area (Å²) in [4.78, 5) is 15.4. The van der Waals surface area contributed by atoms with Gasteiger partial charge >= 0.3 is 6.09 Å². The number of rotatable bonds is 1. The molecule has 0 unspecified atom stereocenters. The number of carbonyl (C=O) groups is 1. The van der Waals surface area contributed by atoms with Gasteiger partial charge in [0.1, 0.15) is 0 Å². The summed E-state index contributed by atoms with van der Waals surface area (Å²) < 4.78 is 4.98. The molecule has 4 nitrogen and oxygen atoms in total. The minimum Gasteiger partial charge on any atom is -0.418 e. The lowest BCUT2D eigenvalue weighted by Crippen LogP contribution is -2.47. The van der Waals surface area contributed by atoms with Crippen molar-refractivity contribution in [1.82, 2.24) is 9.80 Å². The summed E-state index contributed by atoms with van der Waals surface area (Å²) in [5.41, 5.74) is 0.993. The van der Waals surface area contributed by atoms with Crippen LogP contribution in [0.4, 0.5) is 4.79 Å². The standard InChI is InChI=1S/C10H18N2O2/c1-9(2)8-14-10(13)12-6-4-11(3)5-7-12/h8H,4-7H2,1-3H3. The minimum absolute atomic E-state index is 0.237. The normalized spacial score (nSPS) is 17.8. The van der Waals surface area contributed by atoms with Crippen LogP contribution < -0.4 is 0 Å². The summed E-state index contributed by atoms with van der Waals surface area (Å²) in [5.74, 6) is 0. The molecule has 0 saturated carbocycles. The topological polar surface area (TPSA) is 32.8 Å². The van der Waals surface area contributed by atoms with Gasteiger partial charge in [-0.1, -0.05) is 0 Å². The predicted octanol–water partition coefficient (Wildman–Crippen LogP) is 1.29. The third kappa shape index (κ3) is 3.38. The van der Waals surface area contributed by atoms with Gasteiger partial charge in [-0.05, 0) is 26.5 Å². The molecular weight excluding hydrogens is 180 g/mol. The maximum Gasteiger partial charge on any atom is 0.414 e. The van der Waals surface area contributed by atoms with Crippen LogP contribution in [0.1, 0.15) is 13.8 Å². The average molecular weight is 198 g/mol. The van der Waals surface area contributed by atoms with E-state index in [1.165, 1.54) is 6.26 Å². The van der Waals surface area contributed by atoms with E-state index in [0.29, 0.717) is 0 Å². The zero-order valence-electron chi connectivity index (χ0n) is 9.12. The molecule has 14 heavy (non-hydrogen) atoms. The molecule has 0 aromatic rings. The number of likely N-dealkylation sites (N-methyl/N-ethyl adjacent to an activating group) is 1. The number of amides is 1. The van der Waals surface area contributed by atoms with Crippen molar-refractivity contribution >= 4 is 6.09 Å². The van der Waals surface area contributed by atoms with E-state index in [-0.39, 0.29) is 6.09 Å². The molecular formula is C10H18N2O2. The van der Waals surface area contributed by atoms with Crippen molar-refractivity contribution in [2.75, 3.05) is 33.2 Å². The molecule has 0 atom stereocenters. The average Bonchev–Trinajstić information content (AvgIpc) is 2.15. The van der Waals surface area contributed by atoms with E-state index in [1.807, 2.05) is 13.8 Å². The second-order valence-electron chi connectivity index (χ2n) is 3.87. The molecule has 1 aliphatic rings. The number of allylic oxidation sites excluding steroid dienone is 1. The van der Waals surface area contributed by atoms with E-state index in [2.05, 4.69) is 11.9 Å². The Morgan fingerprint density at radius 1 is 1.21 bits per heavy atom. The molecule has 0 aromatic carbocycles. The van der Waals surface area contributed by atoms with Crippen molar-refractivity contribution in [1.29, 1.82) is 0 Å². The van der Waals surface area contributed by atoms with Gasteiger partial charge in [-0.3, -0.25) is 0 Å². The molecule has 4 heteroatoms. The van der Waals surface area contributed by atoms with Crippen molar-refractivity contribution in [3.05, 3.63) is 11.8 Å². The fourth-order valence-corrected chi connectivity index (χ4v) is 1.23. The number of ether oxygens (including phenoxy) is 1. The maximum atomic E-state index is 11.4. The van der Waals surface area contributed by atoms with Crippen LogP contribution >= 0.6 is 0 Å². The highest BCUT2D eigenvalue weighted by Crippen LogP contribution is 2.02. The molecule has 0 aromatic heterocycles. The first-order valence-electron chi connectivity index (χ1n) is 4.87. The number of hydrogen-bond acceptors (Lipinski definition) is 3. The zero-order valence-corrected chi connectivity index (χ0v) is 9.12. The van der Waals surface area contributed by atoms with E-state index < -0.39 is 0 Å². The Bertz CT molecular complexity index is 226. The molecule has 80 valence electrons. The first-order chi connectivity index (χ1) is 6.59. The van der Waals surface area contributed by atoms with Crippen LogP contribution in [0.15, 0.2) is 11.8 Å². The highest BCUT2D eigenvalue weighted by molar-refractivity contribution is 5.68. The molecule has 0 radical (unpaired) electrons. The van der Waals surface area contributed by atoms with E-state index >= 15 is 0 Å². The number of carbonyl (C=O) groups excluding carboxylic acids is 1. The van der Waals surface area contributed by atoms with Gasteiger partial charge in [0, 0.05) is 26.2 Å². The van der Waals surface area contributed by atoms with Gasteiger partial charge < -0.3 is 14.5 Å². The van der Waals surface area contributed by atoms with Gasteiger partial charge in [-0.15, -0.1) is 0 Å². The molecule has 0 N–H and O–H groups in total. The Balaban J connectivity index is 2.34. The molecule has 1 fully saturated rings. The third-order valence-electron chi connectivity index (χ3n) is 2.16. The smallest absolute Gasteiger partial charge is 0.414 e. The fourth-order valence-electron chi connectivity index (χ4n) is 1.23. The molecule has 0 spiro atoms. The molecule has 1 saturated heterocycles. The Morgan fingerprint density at radius 2 is 1.79 bits per heavy atom. The summed E-state index contributed by atoms with van der Waals surface area (Å²) >= 11 is 0. The van der Waals surface area contributed by atoms with E-state index in [9.17, 15) is 4.79 Å². The largest absolute Gasteiger partial charge is 0.418 e. The molecule has 1 heterocycles. The first-order valence-corrected chi connectivity index (χ1v) is 4.87. The predicted molar refractivity (Wildman–Crippen MR) is 55.0 cm³/mol. The maximum absolute atomic E-state index is 11.4. The second kappa shape index (κ2) is 5.00. The second-order valence-corrected chi connectivity index (χ2v) is 3.87. The van der Waals surface area contributed by atoms with Gasteiger partial charge in [0.25, 0.3) is 0 Å². The van der Waals surface area contributed by atoms with Crippen molar-refractivity contribution in [2.45, 2.75) is 13.8 Å². The van der Waals surface area contributed by atoms with Gasteiger partial charge in [-0.25, -0.2) is 4.79 Å². The molecule has 1 amide bonds. The Kier molecular flexibility index (Phi) is 3.95. The first kappa shape index (κ1) is 11.0. The monoisotopic (exact) mass is 198 g/mol. The van der Waals surface area contributed by atoms with Gasteiger partial charge in [0.15, 0.2) is 0 Å². The van der Waals surface area contributed by atoms with Crippen LogP contribution in [0.5, 0.6) is 0 Å². The number of piperazine rings is 1. The van der Waals surface area contributed by atoms with Crippen LogP contribution in [0.2, 0.25) is 0 Å². The molecule has 1 aliphatic heterocycles. The lowest BCUT2D eigenvalue weighted by molar-refractivity contribution is 0.108. The SMILES string of the molecule is CC(C)=COC(=O)N1CCN(C)CC1. The highest BCUT2D eigenvalue weighted by Gasteiger charge is 2.19. The van der Waals surface area contributed by atoms with Crippen molar-refractivity contribution in [3.63, 3.8) is 0 Å². The molecule has 1 rings (SSSR count). The summed E-state index contributed by atoms with van der Waals surface area (Å²) in [5, 5.41) is 0. The Labute approximate surface area is 85.1 Å². The van der Waals surface area contributed by atoms with Crippen LogP contribution in [0, 0.1) is 0 Å². The van der Waals surface area contributed by atoms with Gasteiger partial charge in [-0.2, -0.15) is 0 Å². The van der Waals surface area contributed by atoms with Crippen molar-refractivity contribution in [3.8, 4) is 0 Å². The Morgan fingerprint density at radius 3 is 2.29 bits per heavy atom. The van der Waals surface area contributed by atoms with Crippen LogP contribution in [-0.4, -0.2) is 49.1 Å². The minimum atomic E-state index is -0.237. The molecule has 0 aliphatic carbocycles. The van der Waals surface area contributed by atoms with E-state index in [0.717, 1.165) is 31.8 Å². The third-order valence-corrected chi connectivity index (χ3v) is 2.16. The quantitative estimate of drug-likeness (QED) is 0.595. The highest BCUT2D eigenvalue weighted by atomic mass is 16.5. The van der Waals surface area contributed by atoms with Crippen LogP contribution in [-0.2, 0) is 4.74 Å². The molecule has 0 bridgehead atoms. The van der Waals surface area contributed by atoms with Gasteiger partial charge in [0.2, 0.25) is 0 Å². The van der Waals surface area contributed by atoms with E-state index in [4.69, 9.17) is 4.74 Å². The summed E-state index contributed by atoms with van der Waals surface area (Å²) in [6.07, 6.45) is 1.26. The summed E-state index contributed by atoms with van der Waals surface area (Å²) in [6.45, 7) is 7.15. The lowest BCUT2D eigenvalue weighted by atomic mass is 10.3. The van der Waals surface area contributed by atoms with Crippen LogP contribution in [0.25, 0.3) is 0 Å². The Hall–Kier alpha value is -1.03.